The number of hydrogen-bond donors (Lipinski definition) is 2. The predicted molar refractivity (Wildman–Crippen MR) is 81.5 cm³/mol. The predicted octanol–water partition coefficient (Wildman–Crippen LogP) is 1.23. The minimum absolute atomic E-state index is 0.00964. The molecular formula is C16H24N2O3. The molecule has 0 unspecified atom stereocenters. The molecule has 1 aliphatic rings. The molecule has 116 valence electrons. The van der Waals surface area contributed by atoms with E-state index >= 15 is 0 Å². The summed E-state index contributed by atoms with van der Waals surface area (Å²) < 4.78 is 0. The topological polar surface area (TPSA) is 64.0 Å². The first-order valence-corrected chi connectivity index (χ1v) is 7.30. The fourth-order valence-electron chi connectivity index (χ4n) is 2.71. The Hall–Kier alpha value is -1.59. The number of aromatic hydroxyl groups is 1. The van der Waals surface area contributed by atoms with Crippen LogP contribution in [-0.2, 0) is 0 Å². The van der Waals surface area contributed by atoms with Crippen molar-refractivity contribution in [3.05, 3.63) is 29.3 Å². The van der Waals surface area contributed by atoms with Gasteiger partial charge in [-0.3, -0.25) is 9.69 Å². The molecule has 0 atom stereocenters. The van der Waals surface area contributed by atoms with Gasteiger partial charge in [-0.2, -0.15) is 0 Å². The van der Waals surface area contributed by atoms with Gasteiger partial charge in [-0.1, -0.05) is 0 Å². The number of hydrogen-bond acceptors (Lipinski definition) is 4. The van der Waals surface area contributed by atoms with Crippen molar-refractivity contribution in [1.82, 2.24) is 9.80 Å². The number of carbonyl (C=O) groups is 1. The molecule has 21 heavy (non-hydrogen) atoms. The number of phenolic OH excluding ortho intramolecular Hbond substituents is 1. The van der Waals surface area contributed by atoms with Crippen LogP contribution in [0.3, 0.4) is 0 Å². The van der Waals surface area contributed by atoms with Crippen LogP contribution in [0.25, 0.3) is 0 Å². The third kappa shape index (κ3) is 4.19. The van der Waals surface area contributed by atoms with Crippen molar-refractivity contribution in [3.63, 3.8) is 0 Å². The van der Waals surface area contributed by atoms with E-state index in [0.29, 0.717) is 25.2 Å². The van der Waals surface area contributed by atoms with Gasteiger partial charge in [0.25, 0.3) is 5.91 Å². The van der Waals surface area contributed by atoms with E-state index in [1.807, 2.05) is 11.8 Å². The number of carbonyl (C=O) groups excluding carboxylic acids is 1. The van der Waals surface area contributed by atoms with Gasteiger partial charge in [0.15, 0.2) is 0 Å². The summed E-state index contributed by atoms with van der Waals surface area (Å²) in [5.41, 5.74) is 0.724. The Kier molecular flexibility index (Phi) is 4.54. The molecule has 1 aromatic rings. The average molecular weight is 292 g/mol. The van der Waals surface area contributed by atoms with E-state index < -0.39 is 5.60 Å². The molecule has 1 heterocycles. The minimum Gasteiger partial charge on any atom is -0.508 e. The Labute approximate surface area is 125 Å². The van der Waals surface area contributed by atoms with Gasteiger partial charge in [0.2, 0.25) is 0 Å². The van der Waals surface area contributed by atoms with E-state index in [4.69, 9.17) is 0 Å². The molecular weight excluding hydrogens is 268 g/mol. The van der Waals surface area contributed by atoms with Crippen LogP contribution in [0.15, 0.2) is 18.2 Å². The molecule has 0 radical (unpaired) electrons. The van der Waals surface area contributed by atoms with Gasteiger partial charge < -0.3 is 15.1 Å². The second kappa shape index (κ2) is 6.03. The SMILES string of the molecule is Cc1cc(O)ccc1C(=O)N1CCN(CC(C)(C)O)CC1. The van der Waals surface area contributed by atoms with Crippen LogP contribution < -0.4 is 0 Å². The summed E-state index contributed by atoms with van der Waals surface area (Å²) >= 11 is 0. The minimum atomic E-state index is -0.709. The highest BCUT2D eigenvalue weighted by Crippen LogP contribution is 2.18. The Morgan fingerprint density at radius 3 is 2.38 bits per heavy atom. The molecule has 1 aromatic carbocycles. The summed E-state index contributed by atoms with van der Waals surface area (Å²) in [6.07, 6.45) is 0. The molecule has 0 aliphatic carbocycles. The number of nitrogens with zero attached hydrogens (tertiary/aromatic N) is 2. The second-order valence-electron chi connectivity index (χ2n) is 6.38. The van der Waals surface area contributed by atoms with Gasteiger partial charge in [0.1, 0.15) is 5.75 Å². The quantitative estimate of drug-likeness (QED) is 0.879. The Bertz CT molecular complexity index is 515. The molecule has 1 saturated heterocycles. The van der Waals surface area contributed by atoms with E-state index in [9.17, 15) is 15.0 Å². The molecule has 2 N–H and O–H groups in total. The smallest absolute Gasteiger partial charge is 0.254 e. The fraction of sp³-hybridized carbons (Fsp3) is 0.562. The summed E-state index contributed by atoms with van der Waals surface area (Å²) in [6.45, 7) is 8.91. The lowest BCUT2D eigenvalue weighted by Gasteiger charge is -2.37. The lowest BCUT2D eigenvalue weighted by atomic mass is 10.1. The Morgan fingerprint density at radius 2 is 1.86 bits per heavy atom. The first-order chi connectivity index (χ1) is 9.76. The molecule has 5 nitrogen and oxygen atoms in total. The van der Waals surface area contributed by atoms with Crippen LogP contribution in [0, 0.1) is 6.92 Å². The van der Waals surface area contributed by atoms with E-state index in [1.54, 1.807) is 32.0 Å². The van der Waals surface area contributed by atoms with Crippen molar-refractivity contribution >= 4 is 5.91 Å². The van der Waals surface area contributed by atoms with Gasteiger partial charge in [0.05, 0.1) is 5.60 Å². The number of aryl methyl sites for hydroxylation is 1. The lowest BCUT2D eigenvalue weighted by molar-refractivity contribution is 0.0178. The monoisotopic (exact) mass is 292 g/mol. The number of piperazine rings is 1. The van der Waals surface area contributed by atoms with Crippen LogP contribution in [0.2, 0.25) is 0 Å². The zero-order valence-corrected chi connectivity index (χ0v) is 13.0. The van der Waals surface area contributed by atoms with E-state index in [2.05, 4.69) is 4.90 Å². The average Bonchev–Trinajstić information content (AvgIpc) is 2.37. The number of phenols is 1. The maximum absolute atomic E-state index is 12.5. The summed E-state index contributed by atoms with van der Waals surface area (Å²) in [5, 5.41) is 19.3. The molecule has 0 saturated carbocycles. The summed E-state index contributed by atoms with van der Waals surface area (Å²) in [5.74, 6) is 0.189. The third-order valence-electron chi connectivity index (χ3n) is 3.71. The molecule has 0 spiro atoms. The van der Waals surface area contributed by atoms with Crippen molar-refractivity contribution in [2.45, 2.75) is 26.4 Å². The number of rotatable bonds is 3. The van der Waals surface area contributed by atoms with Gasteiger partial charge in [0, 0.05) is 38.3 Å². The van der Waals surface area contributed by atoms with Gasteiger partial charge in [-0.25, -0.2) is 0 Å². The van der Waals surface area contributed by atoms with Gasteiger partial charge in [-0.05, 0) is 44.5 Å². The molecule has 1 aliphatic heterocycles. The standard InChI is InChI=1S/C16H24N2O3/c1-12-10-13(19)4-5-14(12)15(20)18-8-6-17(7-9-18)11-16(2,3)21/h4-5,10,19,21H,6-9,11H2,1-3H3. The second-order valence-corrected chi connectivity index (χ2v) is 6.38. The van der Waals surface area contributed by atoms with Crippen LogP contribution in [-0.4, -0.2) is 64.2 Å². The summed E-state index contributed by atoms with van der Waals surface area (Å²) in [7, 11) is 0. The third-order valence-corrected chi connectivity index (χ3v) is 3.71. The van der Waals surface area contributed by atoms with Gasteiger partial charge in [-0.15, -0.1) is 0 Å². The number of β-amino-alcohol motifs (C(OH)–C–C–N with tert-alkyl or cyclic N) is 1. The molecule has 0 aromatic heterocycles. The first kappa shape index (κ1) is 15.8. The van der Waals surface area contributed by atoms with Crippen molar-refractivity contribution in [2.75, 3.05) is 32.7 Å². The van der Waals surface area contributed by atoms with Gasteiger partial charge >= 0.3 is 0 Å². The van der Waals surface area contributed by atoms with Crippen LogP contribution in [0.4, 0.5) is 0 Å². The van der Waals surface area contributed by atoms with Crippen molar-refractivity contribution in [2.24, 2.45) is 0 Å². The van der Waals surface area contributed by atoms with E-state index in [-0.39, 0.29) is 11.7 Å². The molecule has 1 fully saturated rings. The Morgan fingerprint density at radius 1 is 1.24 bits per heavy atom. The largest absolute Gasteiger partial charge is 0.508 e. The molecule has 5 heteroatoms. The number of aliphatic hydroxyl groups is 1. The maximum Gasteiger partial charge on any atom is 0.254 e. The molecule has 0 bridgehead atoms. The number of amides is 1. The highest BCUT2D eigenvalue weighted by molar-refractivity contribution is 5.95. The zero-order chi connectivity index (χ0) is 15.6. The van der Waals surface area contributed by atoms with E-state index in [1.165, 1.54) is 0 Å². The highest BCUT2D eigenvalue weighted by atomic mass is 16.3. The van der Waals surface area contributed by atoms with Crippen molar-refractivity contribution < 1.29 is 15.0 Å². The fourth-order valence-corrected chi connectivity index (χ4v) is 2.71. The van der Waals surface area contributed by atoms with Crippen molar-refractivity contribution in [1.29, 1.82) is 0 Å². The summed E-state index contributed by atoms with van der Waals surface area (Å²) in [6, 6.07) is 4.83. The highest BCUT2D eigenvalue weighted by Gasteiger charge is 2.26. The maximum atomic E-state index is 12.5. The normalized spacial score (nSPS) is 17.0. The first-order valence-electron chi connectivity index (χ1n) is 7.30. The van der Waals surface area contributed by atoms with Crippen LogP contribution >= 0.6 is 0 Å². The van der Waals surface area contributed by atoms with Crippen LogP contribution in [0.5, 0.6) is 5.75 Å². The van der Waals surface area contributed by atoms with E-state index in [0.717, 1.165) is 18.7 Å². The van der Waals surface area contributed by atoms with Crippen molar-refractivity contribution in [3.8, 4) is 5.75 Å². The van der Waals surface area contributed by atoms with Crippen LogP contribution in [0.1, 0.15) is 29.8 Å². The zero-order valence-electron chi connectivity index (χ0n) is 13.0. The summed E-state index contributed by atoms with van der Waals surface area (Å²) in [4.78, 5) is 16.5. The Balaban J connectivity index is 1.97. The molecule has 2 rings (SSSR count). The lowest BCUT2D eigenvalue weighted by Crippen LogP contribution is -2.52. The number of benzene rings is 1. The molecule has 1 amide bonds.